The first-order chi connectivity index (χ1) is 8.02. The molecule has 0 saturated heterocycles. The van der Waals surface area contributed by atoms with Crippen LogP contribution in [0, 0.1) is 13.8 Å². The highest BCUT2D eigenvalue weighted by molar-refractivity contribution is 6.31. The van der Waals surface area contributed by atoms with Crippen LogP contribution in [0.25, 0.3) is 10.9 Å². The first kappa shape index (κ1) is 11.8. The maximum absolute atomic E-state index is 11.7. The van der Waals surface area contributed by atoms with E-state index in [1.807, 2.05) is 19.9 Å². The third kappa shape index (κ3) is 2.09. The zero-order valence-corrected chi connectivity index (χ0v) is 10.3. The molecule has 0 aliphatic rings. The molecular formula is C12H12ClN3O. The number of amides is 1. The summed E-state index contributed by atoms with van der Waals surface area (Å²) in [6.45, 7) is 3.74. The molecule has 4 nitrogen and oxygen atoms in total. The Morgan fingerprint density at radius 2 is 2.06 bits per heavy atom. The Kier molecular flexibility index (Phi) is 3.00. The number of hydrazine groups is 1. The summed E-state index contributed by atoms with van der Waals surface area (Å²) in [5.41, 5.74) is 5.09. The number of pyridine rings is 1. The highest BCUT2D eigenvalue weighted by Gasteiger charge is 2.12. The van der Waals surface area contributed by atoms with Gasteiger partial charge >= 0.3 is 0 Å². The normalized spacial score (nSPS) is 10.6. The third-order valence-corrected chi connectivity index (χ3v) is 2.79. The van der Waals surface area contributed by atoms with Crippen LogP contribution in [0.2, 0.25) is 5.02 Å². The van der Waals surface area contributed by atoms with Gasteiger partial charge in [-0.25, -0.2) is 5.84 Å². The van der Waals surface area contributed by atoms with E-state index >= 15 is 0 Å². The highest BCUT2D eigenvalue weighted by Crippen LogP contribution is 2.25. The van der Waals surface area contributed by atoms with Crippen molar-refractivity contribution in [3.05, 3.63) is 40.0 Å². The van der Waals surface area contributed by atoms with Crippen molar-refractivity contribution in [2.75, 3.05) is 0 Å². The lowest BCUT2D eigenvalue weighted by Crippen LogP contribution is -2.30. The maximum Gasteiger partial charge on any atom is 0.265 e. The van der Waals surface area contributed by atoms with E-state index in [2.05, 4.69) is 10.4 Å². The minimum Gasteiger partial charge on any atom is -0.290 e. The van der Waals surface area contributed by atoms with E-state index in [0.717, 1.165) is 16.8 Å². The van der Waals surface area contributed by atoms with E-state index in [4.69, 9.17) is 17.4 Å². The van der Waals surface area contributed by atoms with Crippen LogP contribution in [0.5, 0.6) is 0 Å². The fraction of sp³-hybridized carbons (Fsp3) is 0.167. The molecule has 0 fully saturated rings. The lowest BCUT2D eigenvalue weighted by molar-refractivity contribution is 0.0955. The van der Waals surface area contributed by atoms with Gasteiger partial charge in [0.05, 0.1) is 11.1 Å². The zero-order valence-electron chi connectivity index (χ0n) is 9.54. The van der Waals surface area contributed by atoms with Gasteiger partial charge in [-0.3, -0.25) is 15.2 Å². The molecule has 0 aliphatic carbocycles. The average molecular weight is 250 g/mol. The van der Waals surface area contributed by atoms with E-state index in [0.29, 0.717) is 16.0 Å². The third-order valence-electron chi connectivity index (χ3n) is 2.57. The Balaban J connectivity index is 2.87. The highest BCUT2D eigenvalue weighted by atomic mass is 35.5. The molecule has 5 heteroatoms. The molecule has 0 aliphatic heterocycles. The van der Waals surface area contributed by atoms with Gasteiger partial charge in [0.1, 0.15) is 0 Å². The lowest BCUT2D eigenvalue weighted by atomic mass is 10.0. The SMILES string of the molecule is Cc1cc(C(=O)NN)c2cc(Cl)cc(C)c2n1. The molecule has 17 heavy (non-hydrogen) atoms. The maximum atomic E-state index is 11.7. The van der Waals surface area contributed by atoms with Crippen LogP contribution in [-0.4, -0.2) is 10.9 Å². The molecule has 0 saturated carbocycles. The first-order valence-electron chi connectivity index (χ1n) is 5.11. The van der Waals surface area contributed by atoms with Crippen molar-refractivity contribution >= 4 is 28.4 Å². The van der Waals surface area contributed by atoms with Crippen LogP contribution >= 0.6 is 11.6 Å². The van der Waals surface area contributed by atoms with E-state index < -0.39 is 0 Å². The van der Waals surface area contributed by atoms with Crippen LogP contribution in [0.15, 0.2) is 18.2 Å². The molecule has 1 amide bonds. The van der Waals surface area contributed by atoms with Gasteiger partial charge in [-0.1, -0.05) is 11.6 Å². The molecule has 2 aromatic rings. The van der Waals surface area contributed by atoms with Gasteiger partial charge in [0.25, 0.3) is 5.91 Å². The largest absolute Gasteiger partial charge is 0.290 e. The van der Waals surface area contributed by atoms with Crippen molar-refractivity contribution in [2.24, 2.45) is 5.84 Å². The topological polar surface area (TPSA) is 68.0 Å². The summed E-state index contributed by atoms with van der Waals surface area (Å²) in [5, 5.41) is 1.29. The summed E-state index contributed by atoms with van der Waals surface area (Å²) in [5.74, 6) is 4.82. The second-order valence-corrected chi connectivity index (χ2v) is 4.34. The van der Waals surface area contributed by atoms with Gasteiger partial charge in [-0.05, 0) is 37.6 Å². The fourth-order valence-corrected chi connectivity index (χ4v) is 2.12. The summed E-state index contributed by atoms with van der Waals surface area (Å²) in [6.07, 6.45) is 0. The molecule has 1 aromatic carbocycles. The van der Waals surface area contributed by atoms with Gasteiger partial charge in [0.15, 0.2) is 0 Å². The van der Waals surface area contributed by atoms with Gasteiger partial charge in [-0.2, -0.15) is 0 Å². The van der Waals surface area contributed by atoms with Crippen LogP contribution in [0.3, 0.4) is 0 Å². The Hall–Kier alpha value is -1.65. The van der Waals surface area contributed by atoms with Crippen molar-refractivity contribution in [3.63, 3.8) is 0 Å². The summed E-state index contributed by atoms with van der Waals surface area (Å²) < 4.78 is 0. The number of nitrogens with zero attached hydrogens (tertiary/aromatic N) is 1. The number of hydrogen-bond acceptors (Lipinski definition) is 3. The second kappa shape index (κ2) is 4.31. The standard InChI is InChI=1S/C12H12ClN3O/c1-6-3-8(13)5-9-10(12(17)16-14)4-7(2)15-11(6)9/h3-5H,14H2,1-2H3,(H,16,17). The summed E-state index contributed by atoms with van der Waals surface area (Å²) in [4.78, 5) is 16.1. The molecule has 3 N–H and O–H groups in total. The summed E-state index contributed by atoms with van der Waals surface area (Å²) in [6, 6.07) is 5.24. The quantitative estimate of drug-likeness (QED) is 0.462. The summed E-state index contributed by atoms with van der Waals surface area (Å²) >= 11 is 5.99. The lowest BCUT2D eigenvalue weighted by Gasteiger charge is -2.09. The first-order valence-corrected chi connectivity index (χ1v) is 5.49. The Bertz CT molecular complexity index is 610. The predicted octanol–water partition coefficient (Wildman–Crippen LogP) is 2.11. The number of nitrogens with one attached hydrogen (secondary N) is 1. The van der Waals surface area contributed by atoms with Crippen molar-refractivity contribution < 1.29 is 4.79 Å². The number of halogens is 1. The number of hydrogen-bond donors (Lipinski definition) is 2. The van der Waals surface area contributed by atoms with Crippen molar-refractivity contribution in [3.8, 4) is 0 Å². The molecule has 88 valence electrons. The minimum absolute atomic E-state index is 0.345. The molecule has 1 heterocycles. The van der Waals surface area contributed by atoms with E-state index in [9.17, 15) is 4.79 Å². The zero-order chi connectivity index (χ0) is 12.6. The molecule has 0 radical (unpaired) electrons. The van der Waals surface area contributed by atoms with Gasteiger partial charge in [0.2, 0.25) is 0 Å². The second-order valence-electron chi connectivity index (χ2n) is 3.90. The number of nitrogen functional groups attached to an aromatic ring is 1. The van der Waals surface area contributed by atoms with Crippen LogP contribution in [-0.2, 0) is 0 Å². The average Bonchev–Trinajstić information content (AvgIpc) is 2.28. The Labute approximate surface area is 104 Å². The minimum atomic E-state index is -0.345. The number of fused-ring (bicyclic) bond motifs is 1. The number of nitrogens with two attached hydrogens (primary N) is 1. The summed E-state index contributed by atoms with van der Waals surface area (Å²) in [7, 11) is 0. The van der Waals surface area contributed by atoms with Gasteiger partial charge in [-0.15, -0.1) is 0 Å². The van der Waals surface area contributed by atoms with E-state index in [-0.39, 0.29) is 5.91 Å². The molecule has 0 bridgehead atoms. The van der Waals surface area contributed by atoms with E-state index in [1.54, 1.807) is 12.1 Å². The number of rotatable bonds is 1. The number of aryl methyl sites for hydroxylation is 2. The number of carbonyl (C=O) groups is 1. The van der Waals surface area contributed by atoms with Gasteiger partial charge in [0, 0.05) is 16.1 Å². The van der Waals surface area contributed by atoms with Crippen molar-refractivity contribution in [1.82, 2.24) is 10.4 Å². The number of aromatic nitrogens is 1. The molecule has 0 unspecified atom stereocenters. The molecular weight excluding hydrogens is 238 g/mol. The monoisotopic (exact) mass is 249 g/mol. The van der Waals surface area contributed by atoms with Crippen LogP contribution < -0.4 is 11.3 Å². The van der Waals surface area contributed by atoms with E-state index in [1.165, 1.54) is 0 Å². The predicted molar refractivity (Wildman–Crippen MR) is 67.9 cm³/mol. The van der Waals surface area contributed by atoms with Crippen molar-refractivity contribution in [1.29, 1.82) is 0 Å². The Morgan fingerprint density at radius 1 is 1.35 bits per heavy atom. The fourth-order valence-electron chi connectivity index (χ4n) is 1.85. The Morgan fingerprint density at radius 3 is 2.71 bits per heavy atom. The number of benzene rings is 1. The molecule has 1 aromatic heterocycles. The molecule has 2 rings (SSSR count). The van der Waals surface area contributed by atoms with Crippen LogP contribution in [0.1, 0.15) is 21.6 Å². The molecule has 0 spiro atoms. The smallest absolute Gasteiger partial charge is 0.265 e. The molecule has 0 atom stereocenters. The van der Waals surface area contributed by atoms with Gasteiger partial charge < -0.3 is 0 Å². The van der Waals surface area contributed by atoms with Crippen molar-refractivity contribution in [2.45, 2.75) is 13.8 Å². The van der Waals surface area contributed by atoms with Crippen LogP contribution in [0.4, 0.5) is 0 Å². The number of carbonyl (C=O) groups excluding carboxylic acids is 1.